The van der Waals surface area contributed by atoms with Gasteiger partial charge in [0.1, 0.15) is 0 Å². The maximum absolute atomic E-state index is 12.7. The Labute approximate surface area is 124 Å². The topological polar surface area (TPSA) is 44.1 Å². The molecule has 0 aromatic carbocycles. The molecule has 3 nitrogen and oxygen atoms in total. The molecule has 0 spiro atoms. The first kappa shape index (κ1) is 13.6. The van der Waals surface area contributed by atoms with Crippen LogP contribution in [-0.2, 0) is 12.8 Å². The van der Waals surface area contributed by atoms with E-state index in [4.69, 9.17) is 5.26 Å². The Hall–Kier alpha value is -1.34. The number of fused-ring (bicyclic) bond motifs is 1. The summed E-state index contributed by atoms with van der Waals surface area (Å²) in [6.45, 7) is 0.586. The van der Waals surface area contributed by atoms with E-state index in [1.54, 1.807) is 11.3 Å². The van der Waals surface area contributed by atoms with Gasteiger partial charge in [-0.1, -0.05) is 6.42 Å². The molecule has 0 atom stereocenters. The number of carbonyl (C=O) groups is 1. The van der Waals surface area contributed by atoms with Crippen LogP contribution >= 0.6 is 11.3 Å². The summed E-state index contributed by atoms with van der Waals surface area (Å²) in [5.41, 5.74) is 1.40. The smallest absolute Gasteiger partial charge is 0.264 e. The third kappa shape index (κ3) is 2.88. The molecule has 4 heteroatoms. The highest BCUT2D eigenvalue weighted by Gasteiger charge is 2.33. The van der Waals surface area contributed by atoms with Gasteiger partial charge in [0, 0.05) is 17.5 Å². The van der Waals surface area contributed by atoms with Crippen molar-refractivity contribution >= 4 is 17.2 Å². The first-order valence-electron chi connectivity index (χ1n) is 7.59. The lowest BCUT2D eigenvalue weighted by molar-refractivity contribution is 0.0751. The maximum atomic E-state index is 12.7. The van der Waals surface area contributed by atoms with Crippen molar-refractivity contribution in [1.82, 2.24) is 4.90 Å². The summed E-state index contributed by atoms with van der Waals surface area (Å²) in [6.07, 6.45) is 8.70. The minimum absolute atomic E-state index is 0.154. The number of nitrogens with zero attached hydrogens (tertiary/aromatic N) is 2. The third-order valence-electron chi connectivity index (χ3n) is 4.17. The van der Waals surface area contributed by atoms with E-state index in [9.17, 15) is 4.79 Å². The number of carbonyl (C=O) groups excluding carboxylic acids is 1. The van der Waals surface area contributed by atoms with Crippen molar-refractivity contribution in [2.45, 2.75) is 57.4 Å². The van der Waals surface area contributed by atoms with Crippen LogP contribution in [-0.4, -0.2) is 23.4 Å². The molecule has 0 N–H and O–H groups in total. The number of amides is 1. The zero-order chi connectivity index (χ0) is 13.9. The van der Waals surface area contributed by atoms with Crippen LogP contribution in [0.2, 0.25) is 0 Å². The van der Waals surface area contributed by atoms with E-state index in [-0.39, 0.29) is 5.91 Å². The van der Waals surface area contributed by atoms with Crippen LogP contribution in [0, 0.1) is 11.3 Å². The second kappa shape index (κ2) is 5.97. The number of thiophene rings is 1. The van der Waals surface area contributed by atoms with E-state index in [2.05, 4.69) is 12.1 Å². The van der Waals surface area contributed by atoms with E-state index < -0.39 is 0 Å². The number of hydrogen-bond acceptors (Lipinski definition) is 3. The average Bonchev–Trinajstić information content (AvgIpc) is 3.24. The van der Waals surface area contributed by atoms with Crippen LogP contribution < -0.4 is 0 Å². The average molecular weight is 288 g/mol. The van der Waals surface area contributed by atoms with Gasteiger partial charge in [0.2, 0.25) is 0 Å². The van der Waals surface area contributed by atoms with Crippen molar-refractivity contribution in [2.24, 2.45) is 0 Å². The molecule has 0 bridgehead atoms. The highest BCUT2D eigenvalue weighted by atomic mass is 32.1. The third-order valence-corrected chi connectivity index (χ3v) is 5.40. The van der Waals surface area contributed by atoms with Gasteiger partial charge in [-0.05, 0) is 50.2 Å². The molecule has 2 aliphatic carbocycles. The monoisotopic (exact) mass is 288 g/mol. The zero-order valence-corrected chi connectivity index (χ0v) is 12.5. The highest BCUT2D eigenvalue weighted by molar-refractivity contribution is 7.14. The lowest BCUT2D eigenvalue weighted by Gasteiger charge is -2.20. The molecule has 3 rings (SSSR count). The molecule has 0 unspecified atom stereocenters. The molecule has 106 valence electrons. The Balaban J connectivity index is 1.77. The quantitative estimate of drug-likeness (QED) is 0.795. The Bertz CT molecular complexity index is 516. The molecule has 20 heavy (non-hydrogen) atoms. The predicted molar refractivity (Wildman–Crippen MR) is 79.9 cm³/mol. The summed E-state index contributed by atoms with van der Waals surface area (Å²) >= 11 is 1.69. The van der Waals surface area contributed by atoms with Gasteiger partial charge in [-0.25, -0.2) is 0 Å². The van der Waals surface area contributed by atoms with Crippen molar-refractivity contribution in [3.8, 4) is 6.07 Å². The minimum atomic E-state index is 0.154. The molecule has 1 aromatic rings. The summed E-state index contributed by atoms with van der Waals surface area (Å²) in [7, 11) is 0. The van der Waals surface area contributed by atoms with Crippen LogP contribution in [0.5, 0.6) is 0 Å². The lowest BCUT2D eigenvalue weighted by Crippen LogP contribution is -2.33. The summed E-state index contributed by atoms with van der Waals surface area (Å²) in [6, 6.07) is 4.66. The first-order valence-corrected chi connectivity index (χ1v) is 8.41. The lowest BCUT2D eigenvalue weighted by atomic mass is 10.1. The first-order chi connectivity index (χ1) is 9.79. The van der Waals surface area contributed by atoms with E-state index in [1.165, 1.54) is 29.7 Å². The van der Waals surface area contributed by atoms with Gasteiger partial charge >= 0.3 is 0 Å². The maximum Gasteiger partial charge on any atom is 0.264 e. The molecule has 1 amide bonds. The fraction of sp³-hybridized carbons (Fsp3) is 0.625. The van der Waals surface area contributed by atoms with Crippen LogP contribution in [0.1, 0.15) is 58.6 Å². The van der Waals surface area contributed by atoms with E-state index in [0.29, 0.717) is 19.0 Å². The molecule has 2 aliphatic rings. The van der Waals surface area contributed by atoms with Gasteiger partial charge < -0.3 is 4.90 Å². The van der Waals surface area contributed by atoms with Gasteiger partial charge in [0.25, 0.3) is 5.91 Å². The fourth-order valence-corrected chi connectivity index (χ4v) is 4.13. The van der Waals surface area contributed by atoms with E-state index in [1.807, 2.05) is 4.90 Å². The summed E-state index contributed by atoms with van der Waals surface area (Å²) in [4.78, 5) is 16.9. The Kier molecular flexibility index (Phi) is 4.07. The standard InChI is InChI=1S/C16H20N2OS/c17-9-4-10-18(13-7-8-13)16(19)15-11-12-5-2-1-3-6-14(12)20-15/h11,13H,1-8,10H2. The highest BCUT2D eigenvalue weighted by Crippen LogP contribution is 2.33. The van der Waals surface area contributed by atoms with Gasteiger partial charge in [-0.2, -0.15) is 5.26 Å². The van der Waals surface area contributed by atoms with Gasteiger partial charge in [-0.3, -0.25) is 4.79 Å². The molecule has 1 saturated carbocycles. The number of rotatable bonds is 4. The van der Waals surface area contributed by atoms with Gasteiger partial charge in [0.05, 0.1) is 17.4 Å². The Morgan fingerprint density at radius 1 is 1.35 bits per heavy atom. The van der Waals surface area contributed by atoms with Crippen molar-refractivity contribution in [1.29, 1.82) is 5.26 Å². The van der Waals surface area contributed by atoms with Crippen molar-refractivity contribution < 1.29 is 4.79 Å². The second-order valence-electron chi connectivity index (χ2n) is 5.76. The molecule has 0 radical (unpaired) electrons. The summed E-state index contributed by atoms with van der Waals surface area (Å²) in [5, 5.41) is 8.75. The second-order valence-corrected chi connectivity index (χ2v) is 6.89. The predicted octanol–water partition coefficient (Wildman–Crippen LogP) is 3.54. The number of nitriles is 1. The molecule has 0 aliphatic heterocycles. The molecule has 1 fully saturated rings. The molecule has 1 aromatic heterocycles. The number of aryl methyl sites for hydroxylation is 2. The molecular weight excluding hydrogens is 268 g/mol. The fourth-order valence-electron chi connectivity index (χ4n) is 2.92. The van der Waals surface area contributed by atoms with Crippen LogP contribution in [0.3, 0.4) is 0 Å². The van der Waals surface area contributed by atoms with E-state index >= 15 is 0 Å². The van der Waals surface area contributed by atoms with Crippen molar-refractivity contribution in [3.63, 3.8) is 0 Å². The van der Waals surface area contributed by atoms with Crippen LogP contribution in [0.15, 0.2) is 6.07 Å². The van der Waals surface area contributed by atoms with E-state index in [0.717, 1.165) is 30.6 Å². The Morgan fingerprint density at radius 3 is 2.90 bits per heavy atom. The molecule has 1 heterocycles. The van der Waals surface area contributed by atoms with Gasteiger partial charge in [-0.15, -0.1) is 11.3 Å². The van der Waals surface area contributed by atoms with Crippen LogP contribution in [0.25, 0.3) is 0 Å². The molecular formula is C16H20N2OS. The normalized spacial score (nSPS) is 17.9. The molecule has 0 saturated heterocycles. The van der Waals surface area contributed by atoms with Crippen molar-refractivity contribution in [3.05, 3.63) is 21.4 Å². The van der Waals surface area contributed by atoms with Crippen molar-refractivity contribution in [2.75, 3.05) is 6.54 Å². The minimum Gasteiger partial charge on any atom is -0.334 e. The van der Waals surface area contributed by atoms with Gasteiger partial charge in [0.15, 0.2) is 0 Å². The number of hydrogen-bond donors (Lipinski definition) is 0. The largest absolute Gasteiger partial charge is 0.334 e. The van der Waals surface area contributed by atoms with Crippen LogP contribution in [0.4, 0.5) is 0 Å². The zero-order valence-electron chi connectivity index (χ0n) is 11.7. The summed E-state index contributed by atoms with van der Waals surface area (Å²) < 4.78 is 0. The summed E-state index contributed by atoms with van der Waals surface area (Å²) in [5.74, 6) is 0.154. The SMILES string of the molecule is N#CCCN(C(=O)c1cc2c(s1)CCCCC2)C1CC1. The Morgan fingerprint density at radius 2 is 2.15 bits per heavy atom.